The van der Waals surface area contributed by atoms with Gasteiger partial charge in [0.25, 0.3) is 0 Å². The summed E-state index contributed by atoms with van der Waals surface area (Å²) in [5.74, 6) is 0.844. The van der Waals surface area contributed by atoms with Crippen molar-refractivity contribution in [2.24, 2.45) is 0 Å². The lowest BCUT2D eigenvalue weighted by Gasteiger charge is -2.32. The molecule has 1 aromatic heterocycles. The average molecular weight is 360 g/mol. The second-order valence-corrected chi connectivity index (χ2v) is 7.34. The van der Waals surface area contributed by atoms with Gasteiger partial charge in [-0.1, -0.05) is 36.4 Å². The summed E-state index contributed by atoms with van der Waals surface area (Å²) in [5.41, 5.74) is 2.13. The number of fused-ring (bicyclic) bond motifs is 1. The van der Waals surface area contributed by atoms with Crippen LogP contribution in [0.3, 0.4) is 0 Å². The Morgan fingerprint density at radius 2 is 1.78 bits per heavy atom. The van der Waals surface area contributed by atoms with Gasteiger partial charge in [0.2, 0.25) is 5.95 Å². The number of rotatable bonds is 3. The number of hydrogen-bond donors (Lipinski definition) is 0. The van der Waals surface area contributed by atoms with E-state index in [1.165, 1.54) is 17.2 Å². The van der Waals surface area contributed by atoms with Crippen LogP contribution in [0.5, 0.6) is 0 Å². The van der Waals surface area contributed by atoms with Crippen LogP contribution in [0, 0.1) is 0 Å². The number of ether oxygens (including phenoxy) is 1. The number of anilines is 1. The molecule has 0 radical (unpaired) electrons. The van der Waals surface area contributed by atoms with Crippen LogP contribution in [0.4, 0.5) is 5.95 Å². The summed E-state index contributed by atoms with van der Waals surface area (Å²) in [6.07, 6.45) is 3.05. The summed E-state index contributed by atoms with van der Waals surface area (Å²) in [5, 5.41) is 2.49. The Morgan fingerprint density at radius 1 is 0.926 bits per heavy atom. The van der Waals surface area contributed by atoms with Crippen LogP contribution in [0.15, 0.2) is 54.7 Å². The summed E-state index contributed by atoms with van der Waals surface area (Å²) in [6, 6.07) is 17.5. The summed E-state index contributed by atoms with van der Waals surface area (Å²) in [4.78, 5) is 14.3. The molecule has 3 aromatic rings. The Kier molecular flexibility index (Phi) is 4.47. The molecular formula is C22H24N4O. The summed E-state index contributed by atoms with van der Waals surface area (Å²) in [6.45, 7) is 5.80. The van der Waals surface area contributed by atoms with Gasteiger partial charge in [0.05, 0.1) is 18.9 Å². The SMILES string of the molecule is c1ccc2cc(-c3ccnc(N4CCC(N5CCOCC5)C4)n3)ccc2c1. The third-order valence-electron chi connectivity index (χ3n) is 5.70. The van der Waals surface area contributed by atoms with E-state index in [4.69, 9.17) is 9.72 Å². The predicted octanol–water partition coefficient (Wildman–Crippen LogP) is 3.21. The fraction of sp³-hybridized carbons (Fsp3) is 0.364. The molecule has 3 heterocycles. The van der Waals surface area contributed by atoms with Crippen LogP contribution in [0.25, 0.3) is 22.0 Å². The molecule has 138 valence electrons. The second kappa shape index (κ2) is 7.25. The molecule has 0 spiro atoms. The molecule has 27 heavy (non-hydrogen) atoms. The van der Waals surface area contributed by atoms with E-state index >= 15 is 0 Å². The lowest BCUT2D eigenvalue weighted by Crippen LogP contribution is -2.44. The normalized spacial score (nSPS) is 21.0. The number of aromatic nitrogens is 2. The van der Waals surface area contributed by atoms with Gasteiger partial charge in [0, 0.05) is 44.0 Å². The van der Waals surface area contributed by atoms with E-state index in [-0.39, 0.29) is 0 Å². The fourth-order valence-electron chi connectivity index (χ4n) is 4.17. The Bertz CT molecular complexity index is 938. The molecule has 1 unspecified atom stereocenters. The molecular weight excluding hydrogens is 336 g/mol. The standard InChI is InChI=1S/C22H24N4O/c1-2-4-18-15-19(6-5-17(18)3-1)21-7-9-23-22(24-21)26-10-8-20(16-26)25-11-13-27-14-12-25/h1-7,9,15,20H,8,10-14,16H2. The maximum absolute atomic E-state index is 5.49. The monoisotopic (exact) mass is 360 g/mol. The highest BCUT2D eigenvalue weighted by molar-refractivity contribution is 5.86. The van der Waals surface area contributed by atoms with Crippen LogP contribution in [0.2, 0.25) is 0 Å². The topological polar surface area (TPSA) is 41.5 Å². The lowest BCUT2D eigenvalue weighted by molar-refractivity contribution is 0.0209. The fourth-order valence-corrected chi connectivity index (χ4v) is 4.17. The van der Waals surface area contributed by atoms with E-state index in [0.717, 1.165) is 56.6 Å². The van der Waals surface area contributed by atoms with Gasteiger partial charge in [0.1, 0.15) is 0 Å². The highest BCUT2D eigenvalue weighted by atomic mass is 16.5. The molecule has 2 saturated heterocycles. The van der Waals surface area contributed by atoms with Gasteiger partial charge < -0.3 is 9.64 Å². The van der Waals surface area contributed by atoms with E-state index in [2.05, 4.69) is 57.2 Å². The molecule has 2 aromatic carbocycles. The molecule has 2 aliphatic heterocycles. The molecule has 2 fully saturated rings. The van der Waals surface area contributed by atoms with E-state index in [9.17, 15) is 0 Å². The van der Waals surface area contributed by atoms with Crippen molar-refractivity contribution in [1.82, 2.24) is 14.9 Å². The van der Waals surface area contributed by atoms with Crippen LogP contribution >= 0.6 is 0 Å². The minimum Gasteiger partial charge on any atom is -0.379 e. The number of benzene rings is 2. The minimum atomic E-state index is 0.585. The Balaban J connectivity index is 1.37. The maximum atomic E-state index is 5.49. The maximum Gasteiger partial charge on any atom is 0.225 e. The molecule has 5 heteroatoms. The summed E-state index contributed by atoms with van der Waals surface area (Å²) >= 11 is 0. The first-order valence-electron chi connectivity index (χ1n) is 9.76. The van der Waals surface area contributed by atoms with Crippen molar-refractivity contribution in [3.8, 4) is 11.3 Å². The zero-order chi connectivity index (χ0) is 18.1. The molecule has 0 aliphatic carbocycles. The quantitative estimate of drug-likeness (QED) is 0.717. The molecule has 0 saturated carbocycles. The van der Waals surface area contributed by atoms with Gasteiger partial charge in [-0.15, -0.1) is 0 Å². The highest BCUT2D eigenvalue weighted by Gasteiger charge is 2.30. The molecule has 2 aliphatic rings. The van der Waals surface area contributed by atoms with E-state index < -0.39 is 0 Å². The Hall–Kier alpha value is -2.50. The van der Waals surface area contributed by atoms with Crippen LogP contribution in [-0.2, 0) is 4.74 Å². The van der Waals surface area contributed by atoms with Crippen molar-refractivity contribution in [2.75, 3.05) is 44.3 Å². The average Bonchev–Trinajstić information content (AvgIpc) is 3.25. The summed E-state index contributed by atoms with van der Waals surface area (Å²) < 4.78 is 5.49. The van der Waals surface area contributed by atoms with Crippen LogP contribution in [-0.4, -0.2) is 60.3 Å². The second-order valence-electron chi connectivity index (χ2n) is 7.34. The van der Waals surface area contributed by atoms with Gasteiger partial charge in [-0.2, -0.15) is 0 Å². The molecule has 5 nitrogen and oxygen atoms in total. The van der Waals surface area contributed by atoms with Crippen molar-refractivity contribution in [3.05, 3.63) is 54.7 Å². The van der Waals surface area contributed by atoms with Gasteiger partial charge in [-0.25, -0.2) is 9.97 Å². The third-order valence-corrected chi connectivity index (χ3v) is 5.70. The largest absolute Gasteiger partial charge is 0.379 e. The van der Waals surface area contributed by atoms with Gasteiger partial charge in [-0.3, -0.25) is 4.90 Å². The first-order valence-corrected chi connectivity index (χ1v) is 9.76. The number of nitrogens with zero attached hydrogens (tertiary/aromatic N) is 4. The van der Waals surface area contributed by atoms with Gasteiger partial charge in [0.15, 0.2) is 0 Å². The van der Waals surface area contributed by atoms with Gasteiger partial charge in [-0.05, 0) is 29.3 Å². The molecule has 0 N–H and O–H groups in total. The van der Waals surface area contributed by atoms with Crippen molar-refractivity contribution in [3.63, 3.8) is 0 Å². The number of hydrogen-bond acceptors (Lipinski definition) is 5. The smallest absolute Gasteiger partial charge is 0.225 e. The highest BCUT2D eigenvalue weighted by Crippen LogP contribution is 2.26. The molecule has 0 bridgehead atoms. The zero-order valence-corrected chi connectivity index (χ0v) is 15.4. The first-order chi connectivity index (χ1) is 13.4. The Morgan fingerprint density at radius 3 is 2.67 bits per heavy atom. The van der Waals surface area contributed by atoms with Crippen LogP contribution in [0.1, 0.15) is 6.42 Å². The van der Waals surface area contributed by atoms with E-state index in [1.807, 2.05) is 12.3 Å². The molecule has 1 atom stereocenters. The van der Waals surface area contributed by atoms with Gasteiger partial charge >= 0.3 is 0 Å². The van der Waals surface area contributed by atoms with Crippen molar-refractivity contribution in [1.29, 1.82) is 0 Å². The van der Waals surface area contributed by atoms with Crippen molar-refractivity contribution < 1.29 is 4.74 Å². The minimum absolute atomic E-state index is 0.585. The molecule has 0 amide bonds. The van der Waals surface area contributed by atoms with E-state index in [1.54, 1.807) is 0 Å². The molecule has 5 rings (SSSR count). The lowest BCUT2D eigenvalue weighted by atomic mass is 10.1. The Labute approximate surface area is 159 Å². The van der Waals surface area contributed by atoms with E-state index in [0.29, 0.717) is 6.04 Å². The first kappa shape index (κ1) is 16.7. The summed E-state index contributed by atoms with van der Waals surface area (Å²) in [7, 11) is 0. The van der Waals surface area contributed by atoms with Crippen molar-refractivity contribution in [2.45, 2.75) is 12.5 Å². The number of morpholine rings is 1. The van der Waals surface area contributed by atoms with Crippen LogP contribution < -0.4 is 4.90 Å². The van der Waals surface area contributed by atoms with Crippen molar-refractivity contribution >= 4 is 16.7 Å². The zero-order valence-electron chi connectivity index (χ0n) is 15.4. The third kappa shape index (κ3) is 3.40. The predicted molar refractivity (Wildman–Crippen MR) is 108 cm³/mol.